The first-order valence-electron chi connectivity index (χ1n) is 4.37. The van der Waals surface area contributed by atoms with Crippen molar-refractivity contribution < 1.29 is 4.39 Å². The quantitative estimate of drug-likeness (QED) is 0.707. The van der Waals surface area contributed by atoms with Gasteiger partial charge in [-0.1, -0.05) is 24.6 Å². The Hall–Kier alpha value is -0.340. The van der Waals surface area contributed by atoms with Crippen LogP contribution in [0.15, 0.2) is 28.2 Å². The van der Waals surface area contributed by atoms with E-state index in [1.807, 2.05) is 13.0 Å². The number of halogens is 3. The number of hydrogen-bond acceptors (Lipinski definition) is 0. The Balaban J connectivity index is 2.97. The van der Waals surface area contributed by atoms with Gasteiger partial charge in [-0.15, -0.1) is 11.6 Å². The highest BCUT2D eigenvalue weighted by Crippen LogP contribution is 2.19. The molecule has 0 radical (unpaired) electrons. The van der Waals surface area contributed by atoms with Gasteiger partial charge in [-0.05, 0) is 40.0 Å². The second kappa shape index (κ2) is 5.52. The molecule has 3 heteroatoms. The lowest BCUT2D eigenvalue weighted by molar-refractivity contribution is 0.621. The number of benzene rings is 1. The van der Waals surface area contributed by atoms with Gasteiger partial charge in [-0.2, -0.15) is 0 Å². The summed E-state index contributed by atoms with van der Waals surface area (Å²) in [5, 5.41) is 0. The third kappa shape index (κ3) is 3.10. The van der Waals surface area contributed by atoms with E-state index in [0.29, 0.717) is 10.4 Å². The molecule has 0 aliphatic rings. The summed E-state index contributed by atoms with van der Waals surface area (Å²) in [6.45, 7) is 2.05. The summed E-state index contributed by atoms with van der Waals surface area (Å²) in [7, 11) is 0. The van der Waals surface area contributed by atoms with Crippen LogP contribution in [0.25, 0.3) is 6.08 Å². The van der Waals surface area contributed by atoms with Crippen LogP contribution in [-0.2, 0) is 0 Å². The molecule has 0 heterocycles. The largest absolute Gasteiger partial charge is 0.206 e. The van der Waals surface area contributed by atoms with Gasteiger partial charge in [0.25, 0.3) is 0 Å². The molecule has 14 heavy (non-hydrogen) atoms. The molecule has 0 spiro atoms. The molecule has 0 aromatic heterocycles. The van der Waals surface area contributed by atoms with Crippen molar-refractivity contribution >= 4 is 33.6 Å². The molecule has 0 atom stereocenters. The third-order valence-electron chi connectivity index (χ3n) is 1.94. The van der Waals surface area contributed by atoms with Crippen molar-refractivity contribution in [2.24, 2.45) is 0 Å². The summed E-state index contributed by atoms with van der Waals surface area (Å²) in [6, 6.07) is 4.93. The summed E-state index contributed by atoms with van der Waals surface area (Å²) in [5.41, 5.74) is 2.11. The SMILES string of the molecule is CCC(=Cc1ccc(F)c(Br)c1)CCl. The van der Waals surface area contributed by atoms with Crippen LogP contribution in [0.5, 0.6) is 0 Å². The van der Waals surface area contributed by atoms with E-state index >= 15 is 0 Å². The average molecular weight is 278 g/mol. The number of hydrogen-bond donors (Lipinski definition) is 0. The highest BCUT2D eigenvalue weighted by molar-refractivity contribution is 9.10. The first-order valence-corrected chi connectivity index (χ1v) is 5.70. The first-order chi connectivity index (χ1) is 6.67. The second-order valence-corrected chi connectivity index (χ2v) is 4.08. The fraction of sp³-hybridized carbons (Fsp3) is 0.273. The predicted octanol–water partition coefficient (Wildman–Crippen LogP) is 4.62. The molecular weight excluding hydrogens is 266 g/mol. The number of alkyl halides is 1. The Kier molecular flexibility index (Phi) is 4.63. The Morgan fingerprint density at radius 2 is 2.29 bits per heavy atom. The van der Waals surface area contributed by atoms with Gasteiger partial charge in [-0.25, -0.2) is 4.39 Å². The lowest BCUT2D eigenvalue weighted by Crippen LogP contribution is -1.84. The topological polar surface area (TPSA) is 0 Å². The molecule has 0 unspecified atom stereocenters. The maximum Gasteiger partial charge on any atom is 0.137 e. The smallest absolute Gasteiger partial charge is 0.137 e. The fourth-order valence-electron chi connectivity index (χ4n) is 1.07. The van der Waals surface area contributed by atoms with Crippen LogP contribution >= 0.6 is 27.5 Å². The monoisotopic (exact) mass is 276 g/mol. The van der Waals surface area contributed by atoms with Crippen LogP contribution in [0.1, 0.15) is 18.9 Å². The molecule has 0 aliphatic carbocycles. The summed E-state index contributed by atoms with van der Waals surface area (Å²) >= 11 is 8.88. The van der Waals surface area contributed by atoms with Crippen molar-refractivity contribution in [2.75, 3.05) is 5.88 Å². The van der Waals surface area contributed by atoms with E-state index in [1.54, 1.807) is 12.1 Å². The molecule has 0 aliphatic heterocycles. The third-order valence-corrected chi connectivity index (χ3v) is 2.89. The van der Waals surface area contributed by atoms with Crippen molar-refractivity contribution in [3.05, 3.63) is 39.6 Å². The van der Waals surface area contributed by atoms with Crippen LogP contribution in [0.4, 0.5) is 4.39 Å². The van der Waals surface area contributed by atoms with Gasteiger partial charge in [0.2, 0.25) is 0 Å². The lowest BCUT2D eigenvalue weighted by atomic mass is 10.1. The molecule has 0 saturated heterocycles. The van der Waals surface area contributed by atoms with Gasteiger partial charge in [0, 0.05) is 5.88 Å². The summed E-state index contributed by atoms with van der Waals surface area (Å²) in [4.78, 5) is 0. The zero-order valence-corrected chi connectivity index (χ0v) is 10.2. The van der Waals surface area contributed by atoms with Crippen molar-refractivity contribution in [2.45, 2.75) is 13.3 Å². The molecule has 0 fully saturated rings. The van der Waals surface area contributed by atoms with Crippen molar-refractivity contribution in [3.63, 3.8) is 0 Å². The van der Waals surface area contributed by atoms with E-state index in [-0.39, 0.29) is 5.82 Å². The zero-order valence-electron chi connectivity index (χ0n) is 7.86. The predicted molar refractivity (Wildman–Crippen MR) is 63.1 cm³/mol. The summed E-state index contributed by atoms with van der Waals surface area (Å²) in [5.74, 6) is 0.275. The van der Waals surface area contributed by atoms with E-state index < -0.39 is 0 Å². The van der Waals surface area contributed by atoms with Crippen LogP contribution in [0, 0.1) is 5.82 Å². The Morgan fingerprint density at radius 3 is 2.79 bits per heavy atom. The molecule has 0 N–H and O–H groups in total. The van der Waals surface area contributed by atoms with Gasteiger partial charge >= 0.3 is 0 Å². The van der Waals surface area contributed by atoms with Crippen LogP contribution < -0.4 is 0 Å². The molecule has 1 aromatic rings. The minimum atomic E-state index is -0.244. The van der Waals surface area contributed by atoms with Gasteiger partial charge in [0.1, 0.15) is 5.82 Å². The maximum atomic E-state index is 12.9. The molecule has 0 saturated carbocycles. The second-order valence-electron chi connectivity index (χ2n) is 2.96. The Morgan fingerprint density at radius 1 is 1.57 bits per heavy atom. The maximum absolute atomic E-state index is 12.9. The van der Waals surface area contributed by atoms with E-state index in [0.717, 1.165) is 17.6 Å². The molecular formula is C11H11BrClF. The Labute approximate surface area is 96.9 Å². The van der Waals surface area contributed by atoms with Gasteiger partial charge in [0.15, 0.2) is 0 Å². The number of allylic oxidation sites excluding steroid dienone is 1. The van der Waals surface area contributed by atoms with Crippen molar-refractivity contribution in [1.82, 2.24) is 0 Å². The van der Waals surface area contributed by atoms with Crippen LogP contribution in [0.3, 0.4) is 0 Å². The van der Waals surface area contributed by atoms with Crippen molar-refractivity contribution in [1.29, 1.82) is 0 Å². The van der Waals surface area contributed by atoms with Gasteiger partial charge in [0.05, 0.1) is 4.47 Å². The van der Waals surface area contributed by atoms with E-state index in [2.05, 4.69) is 15.9 Å². The van der Waals surface area contributed by atoms with Gasteiger partial charge < -0.3 is 0 Å². The minimum Gasteiger partial charge on any atom is -0.206 e. The minimum absolute atomic E-state index is 0.244. The first kappa shape index (κ1) is 11.7. The standard InChI is InChI=1S/C11H11BrClF/c1-2-8(7-13)5-9-3-4-11(14)10(12)6-9/h3-6H,2,7H2,1H3. The highest BCUT2D eigenvalue weighted by Gasteiger charge is 1.99. The molecule has 0 amide bonds. The zero-order chi connectivity index (χ0) is 10.6. The van der Waals surface area contributed by atoms with E-state index in [9.17, 15) is 4.39 Å². The fourth-order valence-corrected chi connectivity index (χ4v) is 1.74. The molecule has 76 valence electrons. The highest BCUT2D eigenvalue weighted by atomic mass is 79.9. The lowest BCUT2D eigenvalue weighted by Gasteiger charge is -2.01. The van der Waals surface area contributed by atoms with Gasteiger partial charge in [-0.3, -0.25) is 0 Å². The number of rotatable bonds is 3. The van der Waals surface area contributed by atoms with Crippen molar-refractivity contribution in [3.8, 4) is 0 Å². The normalized spacial score (nSPS) is 11.9. The average Bonchev–Trinajstić information content (AvgIpc) is 2.19. The Bertz CT molecular complexity index is 341. The summed E-state index contributed by atoms with van der Waals surface area (Å²) < 4.78 is 13.4. The van der Waals surface area contributed by atoms with Crippen LogP contribution in [0.2, 0.25) is 0 Å². The molecule has 1 aromatic carbocycles. The molecule has 0 bridgehead atoms. The van der Waals surface area contributed by atoms with E-state index in [1.165, 1.54) is 6.07 Å². The molecule has 0 nitrogen and oxygen atoms in total. The summed E-state index contributed by atoms with van der Waals surface area (Å²) in [6.07, 6.45) is 2.90. The molecule has 1 rings (SSSR count). The van der Waals surface area contributed by atoms with E-state index in [4.69, 9.17) is 11.6 Å². The van der Waals surface area contributed by atoms with Crippen LogP contribution in [-0.4, -0.2) is 5.88 Å².